The van der Waals surface area contributed by atoms with E-state index in [0.29, 0.717) is 23.3 Å². The van der Waals surface area contributed by atoms with E-state index in [2.05, 4.69) is 4.98 Å². The van der Waals surface area contributed by atoms with Gasteiger partial charge in [-0.15, -0.1) is 0 Å². The second kappa shape index (κ2) is 6.27. The fourth-order valence-corrected chi connectivity index (χ4v) is 2.52. The lowest BCUT2D eigenvalue weighted by Crippen LogP contribution is -2.33. The first kappa shape index (κ1) is 16.5. The third kappa shape index (κ3) is 2.80. The van der Waals surface area contributed by atoms with Crippen LogP contribution in [0.25, 0.3) is 16.8 Å². The van der Waals surface area contributed by atoms with Crippen molar-refractivity contribution < 1.29 is 13.9 Å². The number of rotatable bonds is 4. The summed E-state index contributed by atoms with van der Waals surface area (Å²) in [6, 6.07) is 4.69. The highest BCUT2D eigenvalue weighted by atomic mass is 16.5. The molecule has 0 unspecified atom stereocenters. The molecule has 1 N–H and O–H groups in total. The van der Waals surface area contributed by atoms with Crippen molar-refractivity contribution in [2.45, 2.75) is 20.4 Å². The van der Waals surface area contributed by atoms with E-state index in [0.717, 1.165) is 10.8 Å². The molecule has 0 radical (unpaired) electrons. The van der Waals surface area contributed by atoms with E-state index in [4.69, 9.17) is 9.15 Å². The van der Waals surface area contributed by atoms with E-state index >= 15 is 0 Å². The number of aryl methyl sites for hydroxylation is 1. The summed E-state index contributed by atoms with van der Waals surface area (Å²) in [5, 5.41) is 0. The Labute approximate surface area is 140 Å². The molecule has 0 aliphatic heterocycles. The molecule has 2 aromatic heterocycles. The molecule has 130 valence electrons. The molecule has 1 aromatic carbocycles. The predicted octanol–water partition coefficient (Wildman–Crippen LogP) is 0.630. The molecule has 0 atom stereocenters. The second-order valence-corrected chi connectivity index (χ2v) is 5.16. The molecule has 0 fully saturated rings. The zero-order valence-electron chi connectivity index (χ0n) is 13.6. The summed E-state index contributed by atoms with van der Waals surface area (Å²) >= 11 is 0. The van der Waals surface area contributed by atoms with E-state index < -0.39 is 23.0 Å². The Morgan fingerprint density at radius 2 is 2.00 bits per heavy atom. The van der Waals surface area contributed by atoms with Crippen molar-refractivity contribution in [2.24, 2.45) is 0 Å². The minimum absolute atomic E-state index is 0.0963. The molecule has 2 heterocycles. The van der Waals surface area contributed by atoms with Gasteiger partial charge in [-0.3, -0.25) is 18.9 Å². The number of H-pyrrole nitrogens is 1. The first-order valence-electron chi connectivity index (χ1n) is 7.63. The number of carbonyl (C=O) groups is 1. The maximum absolute atomic E-state index is 12.1. The third-order valence-electron chi connectivity index (χ3n) is 3.68. The number of aromatic nitrogens is 3. The van der Waals surface area contributed by atoms with Crippen LogP contribution in [-0.2, 0) is 11.3 Å². The number of benzene rings is 1. The standard InChI is InChI=1S/C16H15N3O6/c1-3-18-11-6-5-9(7-12(11)25-16(18)23)19-8-10(14(21)24-4-2)13(20)17-15(19)22/h5-8H,3-4H2,1-2H3,(H,17,20,22). The number of esters is 1. The molecular formula is C16H15N3O6. The smallest absolute Gasteiger partial charge is 0.419 e. The van der Waals surface area contributed by atoms with Gasteiger partial charge in [-0.25, -0.2) is 14.4 Å². The third-order valence-corrected chi connectivity index (χ3v) is 3.68. The van der Waals surface area contributed by atoms with Crippen LogP contribution in [0.4, 0.5) is 0 Å². The van der Waals surface area contributed by atoms with Gasteiger partial charge in [0.05, 0.1) is 17.8 Å². The van der Waals surface area contributed by atoms with Crippen LogP contribution >= 0.6 is 0 Å². The maximum atomic E-state index is 12.1. The number of nitrogens with zero attached hydrogens (tertiary/aromatic N) is 2. The summed E-state index contributed by atoms with van der Waals surface area (Å²) in [5.41, 5.74) is -0.649. The Bertz CT molecular complexity index is 1130. The highest BCUT2D eigenvalue weighted by Crippen LogP contribution is 2.17. The zero-order chi connectivity index (χ0) is 18.1. The number of fused-ring (bicyclic) bond motifs is 1. The normalized spacial score (nSPS) is 11.0. The van der Waals surface area contributed by atoms with Crippen LogP contribution in [0.5, 0.6) is 0 Å². The molecule has 0 saturated carbocycles. The molecule has 9 heteroatoms. The summed E-state index contributed by atoms with van der Waals surface area (Å²) in [6.45, 7) is 3.95. The summed E-state index contributed by atoms with van der Waals surface area (Å²) in [7, 11) is 0. The molecule has 0 amide bonds. The number of aromatic amines is 1. The van der Waals surface area contributed by atoms with Crippen molar-refractivity contribution in [2.75, 3.05) is 6.61 Å². The van der Waals surface area contributed by atoms with Crippen molar-refractivity contribution >= 4 is 17.1 Å². The van der Waals surface area contributed by atoms with Gasteiger partial charge in [0, 0.05) is 18.8 Å². The summed E-state index contributed by atoms with van der Waals surface area (Å²) in [4.78, 5) is 49.6. The summed E-state index contributed by atoms with van der Waals surface area (Å²) in [6.07, 6.45) is 1.11. The number of hydrogen-bond acceptors (Lipinski definition) is 6. The monoisotopic (exact) mass is 345 g/mol. The minimum atomic E-state index is -0.831. The summed E-state index contributed by atoms with van der Waals surface area (Å²) < 4.78 is 12.5. The van der Waals surface area contributed by atoms with Gasteiger partial charge >= 0.3 is 17.4 Å². The SMILES string of the molecule is CCOC(=O)c1cn(-c2ccc3c(c2)oc(=O)n3CC)c(=O)[nH]c1=O. The van der Waals surface area contributed by atoms with Gasteiger partial charge in [-0.2, -0.15) is 0 Å². The summed E-state index contributed by atoms with van der Waals surface area (Å²) in [5.74, 6) is -1.34. The molecule has 3 rings (SSSR count). The number of hydrogen-bond donors (Lipinski definition) is 1. The Morgan fingerprint density at radius 3 is 2.68 bits per heavy atom. The second-order valence-electron chi connectivity index (χ2n) is 5.16. The average Bonchev–Trinajstić information content (AvgIpc) is 2.89. The predicted molar refractivity (Wildman–Crippen MR) is 88.3 cm³/mol. The number of carbonyl (C=O) groups excluding carboxylic acids is 1. The van der Waals surface area contributed by atoms with Crippen molar-refractivity contribution in [3.05, 3.63) is 61.3 Å². The molecule has 25 heavy (non-hydrogen) atoms. The van der Waals surface area contributed by atoms with Crippen LogP contribution in [0, 0.1) is 0 Å². The molecule has 0 saturated heterocycles. The van der Waals surface area contributed by atoms with E-state index in [1.807, 2.05) is 6.92 Å². The molecule has 0 spiro atoms. The van der Waals surface area contributed by atoms with E-state index in [9.17, 15) is 19.2 Å². The highest BCUT2D eigenvalue weighted by Gasteiger charge is 2.16. The Balaban J connectivity index is 2.19. The molecule has 0 bridgehead atoms. The van der Waals surface area contributed by atoms with Gasteiger partial charge in [-0.05, 0) is 26.0 Å². The maximum Gasteiger partial charge on any atom is 0.419 e. The number of oxazole rings is 1. The van der Waals surface area contributed by atoms with Crippen molar-refractivity contribution in [3.8, 4) is 5.69 Å². The molecule has 0 aliphatic carbocycles. The largest absolute Gasteiger partial charge is 0.462 e. The lowest BCUT2D eigenvalue weighted by molar-refractivity contribution is 0.0523. The molecule has 3 aromatic rings. The lowest BCUT2D eigenvalue weighted by atomic mass is 10.2. The Hall–Kier alpha value is -3.36. The van der Waals surface area contributed by atoms with Gasteiger partial charge in [0.15, 0.2) is 5.58 Å². The molecule has 9 nitrogen and oxygen atoms in total. The quantitative estimate of drug-likeness (QED) is 0.693. The fourth-order valence-electron chi connectivity index (χ4n) is 2.52. The lowest BCUT2D eigenvalue weighted by Gasteiger charge is -2.07. The molecular weight excluding hydrogens is 330 g/mol. The first-order valence-corrected chi connectivity index (χ1v) is 7.63. The van der Waals surface area contributed by atoms with Crippen LogP contribution in [0.15, 0.2) is 43.2 Å². The topological polar surface area (TPSA) is 116 Å². The van der Waals surface area contributed by atoms with Gasteiger partial charge < -0.3 is 9.15 Å². The van der Waals surface area contributed by atoms with Gasteiger partial charge in [0.2, 0.25) is 0 Å². The van der Waals surface area contributed by atoms with E-state index in [1.165, 1.54) is 10.6 Å². The Kier molecular flexibility index (Phi) is 4.14. The van der Waals surface area contributed by atoms with Crippen LogP contribution in [-0.4, -0.2) is 26.7 Å². The average molecular weight is 345 g/mol. The fraction of sp³-hybridized carbons (Fsp3) is 0.250. The van der Waals surface area contributed by atoms with Crippen molar-refractivity contribution in [1.29, 1.82) is 0 Å². The number of ether oxygens (including phenoxy) is 1. The van der Waals surface area contributed by atoms with Crippen LogP contribution in [0.3, 0.4) is 0 Å². The highest BCUT2D eigenvalue weighted by molar-refractivity contribution is 5.88. The van der Waals surface area contributed by atoms with Crippen LogP contribution < -0.4 is 17.0 Å². The van der Waals surface area contributed by atoms with Crippen molar-refractivity contribution in [1.82, 2.24) is 14.1 Å². The minimum Gasteiger partial charge on any atom is -0.462 e. The zero-order valence-corrected chi connectivity index (χ0v) is 13.6. The van der Waals surface area contributed by atoms with Crippen LogP contribution in [0.2, 0.25) is 0 Å². The van der Waals surface area contributed by atoms with E-state index in [-0.39, 0.29) is 12.2 Å². The van der Waals surface area contributed by atoms with Gasteiger partial charge in [0.25, 0.3) is 5.56 Å². The van der Waals surface area contributed by atoms with Crippen molar-refractivity contribution in [3.63, 3.8) is 0 Å². The van der Waals surface area contributed by atoms with Gasteiger partial charge in [0.1, 0.15) is 5.56 Å². The Morgan fingerprint density at radius 1 is 1.24 bits per heavy atom. The van der Waals surface area contributed by atoms with Gasteiger partial charge in [-0.1, -0.05) is 0 Å². The first-order chi connectivity index (χ1) is 12.0. The van der Waals surface area contributed by atoms with Crippen LogP contribution in [0.1, 0.15) is 24.2 Å². The molecule has 0 aliphatic rings. The number of nitrogens with one attached hydrogen (secondary N) is 1. The van der Waals surface area contributed by atoms with E-state index in [1.54, 1.807) is 19.1 Å².